The molecule has 3 aromatic rings. The predicted octanol–water partition coefficient (Wildman–Crippen LogP) is 4.23. The maximum absolute atomic E-state index is 13.2. The van der Waals surface area contributed by atoms with Crippen LogP contribution in [-0.4, -0.2) is 47.8 Å². The number of fused-ring (bicyclic) bond motifs is 1. The Morgan fingerprint density at radius 1 is 0.862 bits per heavy atom. The molecule has 148 valence electrons. The lowest BCUT2D eigenvalue weighted by Gasteiger charge is -2.36. The third-order valence-electron chi connectivity index (χ3n) is 6.38. The second kappa shape index (κ2) is 6.99. The molecule has 2 aromatic carbocycles. The first-order valence-electron chi connectivity index (χ1n) is 10.2. The first kappa shape index (κ1) is 18.4. The van der Waals surface area contributed by atoms with E-state index in [1.807, 2.05) is 47.1 Å². The topological polar surface area (TPSA) is 40.6 Å². The molecule has 1 saturated carbocycles. The van der Waals surface area contributed by atoms with E-state index in [2.05, 4.69) is 24.3 Å². The van der Waals surface area contributed by atoms with Gasteiger partial charge in [-0.3, -0.25) is 9.59 Å². The Morgan fingerprint density at radius 2 is 1.48 bits per heavy atom. The minimum atomic E-state index is -0.324. The molecule has 1 saturated heterocycles. The van der Waals surface area contributed by atoms with E-state index < -0.39 is 0 Å². The van der Waals surface area contributed by atoms with E-state index >= 15 is 0 Å². The van der Waals surface area contributed by atoms with Crippen LogP contribution in [0.2, 0.25) is 0 Å². The molecule has 2 amide bonds. The molecule has 2 aliphatic rings. The fourth-order valence-corrected chi connectivity index (χ4v) is 5.62. The van der Waals surface area contributed by atoms with Gasteiger partial charge in [-0.1, -0.05) is 48.5 Å². The smallest absolute Gasteiger partial charge is 0.264 e. The van der Waals surface area contributed by atoms with Crippen molar-refractivity contribution in [1.29, 1.82) is 0 Å². The number of carbonyl (C=O) groups is 2. The van der Waals surface area contributed by atoms with Crippen molar-refractivity contribution in [2.75, 3.05) is 26.2 Å². The van der Waals surface area contributed by atoms with Gasteiger partial charge in [-0.15, -0.1) is 11.3 Å². The van der Waals surface area contributed by atoms with Crippen LogP contribution in [0, 0.1) is 6.92 Å². The van der Waals surface area contributed by atoms with E-state index in [0.717, 1.165) is 38.9 Å². The zero-order valence-electron chi connectivity index (χ0n) is 16.6. The number of thiophene rings is 1. The van der Waals surface area contributed by atoms with Gasteiger partial charge in [0.2, 0.25) is 5.91 Å². The van der Waals surface area contributed by atoms with E-state index in [1.54, 1.807) is 11.3 Å². The Labute approximate surface area is 174 Å². The van der Waals surface area contributed by atoms with Crippen molar-refractivity contribution in [1.82, 2.24) is 9.80 Å². The predicted molar refractivity (Wildman–Crippen MR) is 116 cm³/mol. The van der Waals surface area contributed by atoms with Crippen molar-refractivity contribution in [2.24, 2.45) is 0 Å². The highest BCUT2D eigenvalue weighted by Crippen LogP contribution is 2.49. The Balaban J connectivity index is 1.28. The van der Waals surface area contributed by atoms with Gasteiger partial charge in [0.15, 0.2) is 0 Å². The van der Waals surface area contributed by atoms with Crippen LogP contribution < -0.4 is 0 Å². The van der Waals surface area contributed by atoms with Crippen LogP contribution in [0.4, 0.5) is 0 Å². The van der Waals surface area contributed by atoms with E-state index in [-0.39, 0.29) is 17.2 Å². The minimum Gasteiger partial charge on any atom is -0.338 e. The SMILES string of the molecule is Cc1c(C(=O)N2CCN(C(=O)C3(c4ccccc4)CC3)CC2)sc2ccccc12. The number of hydrogen-bond donors (Lipinski definition) is 0. The molecule has 1 aliphatic carbocycles. The van der Waals surface area contributed by atoms with Crippen molar-refractivity contribution < 1.29 is 9.59 Å². The van der Waals surface area contributed by atoms with Crippen LogP contribution in [0.1, 0.15) is 33.6 Å². The van der Waals surface area contributed by atoms with Gasteiger partial charge in [0, 0.05) is 30.9 Å². The normalized spacial score (nSPS) is 18.1. The average Bonchev–Trinajstić information content (AvgIpc) is 3.53. The Morgan fingerprint density at radius 3 is 2.14 bits per heavy atom. The van der Waals surface area contributed by atoms with Gasteiger partial charge in [-0.05, 0) is 42.3 Å². The van der Waals surface area contributed by atoms with Crippen molar-refractivity contribution in [3.05, 3.63) is 70.6 Å². The molecule has 2 fully saturated rings. The summed E-state index contributed by atoms with van der Waals surface area (Å²) >= 11 is 1.57. The number of amides is 2. The van der Waals surface area contributed by atoms with E-state index in [1.165, 1.54) is 0 Å². The van der Waals surface area contributed by atoms with Crippen LogP contribution in [-0.2, 0) is 10.2 Å². The second-order valence-electron chi connectivity index (χ2n) is 8.08. The molecule has 4 nitrogen and oxygen atoms in total. The van der Waals surface area contributed by atoms with E-state index in [9.17, 15) is 9.59 Å². The molecule has 5 rings (SSSR count). The molecule has 5 heteroatoms. The molecule has 0 radical (unpaired) electrons. The summed E-state index contributed by atoms with van der Waals surface area (Å²) in [4.78, 5) is 31.0. The monoisotopic (exact) mass is 404 g/mol. The van der Waals surface area contributed by atoms with Crippen molar-refractivity contribution >= 4 is 33.2 Å². The Bertz CT molecular complexity index is 1080. The maximum atomic E-state index is 13.2. The summed E-state index contributed by atoms with van der Waals surface area (Å²) in [7, 11) is 0. The average molecular weight is 405 g/mol. The summed E-state index contributed by atoms with van der Waals surface area (Å²) in [6.45, 7) is 4.46. The number of rotatable bonds is 3. The summed E-state index contributed by atoms with van der Waals surface area (Å²) in [5, 5.41) is 1.16. The molecule has 2 heterocycles. The fourth-order valence-electron chi connectivity index (χ4n) is 4.45. The summed E-state index contributed by atoms with van der Waals surface area (Å²) in [6.07, 6.45) is 1.85. The first-order valence-corrected chi connectivity index (χ1v) is 11.0. The molecule has 1 aromatic heterocycles. The number of hydrogen-bond acceptors (Lipinski definition) is 3. The Hall–Kier alpha value is -2.66. The number of nitrogens with zero attached hydrogens (tertiary/aromatic N) is 2. The van der Waals surface area contributed by atoms with E-state index in [0.29, 0.717) is 26.2 Å². The van der Waals surface area contributed by atoms with Gasteiger partial charge < -0.3 is 9.80 Å². The standard InChI is InChI=1S/C24H24N2O2S/c1-17-19-9-5-6-10-20(19)29-21(17)22(27)25-13-15-26(16-14-25)23(28)24(11-12-24)18-7-3-2-4-8-18/h2-10H,11-16H2,1H3. The quantitative estimate of drug-likeness (QED) is 0.656. The van der Waals surface area contributed by atoms with E-state index in [4.69, 9.17) is 0 Å². The Kier molecular flexibility index (Phi) is 4.43. The molecular weight excluding hydrogens is 380 g/mol. The number of carbonyl (C=O) groups excluding carboxylic acids is 2. The summed E-state index contributed by atoms with van der Waals surface area (Å²) in [5.74, 6) is 0.328. The van der Waals surface area contributed by atoms with Crippen LogP contribution in [0.3, 0.4) is 0 Å². The van der Waals surface area contributed by atoms with Crippen molar-refractivity contribution in [3.63, 3.8) is 0 Å². The number of benzene rings is 2. The highest BCUT2D eigenvalue weighted by Gasteiger charge is 2.53. The van der Waals surface area contributed by atoms with Gasteiger partial charge in [0.1, 0.15) is 0 Å². The minimum absolute atomic E-state index is 0.0972. The highest BCUT2D eigenvalue weighted by atomic mass is 32.1. The zero-order chi connectivity index (χ0) is 20.0. The third-order valence-corrected chi connectivity index (χ3v) is 7.64. The second-order valence-corrected chi connectivity index (χ2v) is 9.14. The summed E-state index contributed by atoms with van der Waals surface area (Å²) in [6, 6.07) is 18.3. The van der Waals surface area contributed by atoms with Crippen molar-refractivity contribution in [3.8, 4) is 0 Å². The zero-order valence-corrected chi connectivity index (χ0v) is 17.4. The number of piperazine rings is 1. The lowest BCUT2D eigenvalue weighted by molar-refractivity contribution is -0.135. The molecule has 0 atom stereocenters. The van der Waals surface area contributed by atoms with Gasteiger partial charge in [-0.2, -0.15) is 0 Å². The lowest BCUT2D eigenvalue weighted by atomic mass is 9.94. The third kappa shape index (κ3) is 3.04. The van der Waals surface area contributed by atoms with Gasteiger partial charge in [0.25, 0.3) is 5.91 Å². The van der Waals surface area contributed by atoms with Crippen molar-refractivity contribution in [2.45, 2.75) is 25.2 Å². The maximum Gasteiger partial charge on any atom is 0.264 e. The molecule has 29 heavy (non-hydrogen) atoms. The summed E-state index contributed by atoms with van der Waals surface area (Å²) < 4.78 is 1.15. The first-order chi connectivity index (χ1) is 14.1. The largest absolute Gasteiger partial charge is 0.338 e. The molecule has 0 spiro atoms. The van der Waals surface area contributed by atoms with Gasteiger partial charge in [-0.25, -0.2) is 0 Å². The van der Waals surface area contributed by atoms with Crippen LogP contribution in [0.15, 0.2) is 54.6 Å². The fraction of sp³-hybridized carbons (Fsp3) is 0.333. The van der Waals surface area contributed by atoms with Crippen LogP contribution in [0.25, 0.3) is 10.1 Å². The molecule has 0 unspecified atom stereocenters. The van der Waals surface area contributed by atoms with Crippen LogP contribution in [0.5, 0.6) is 0 Å². The van der Waals surface area contributed by atoms with Crippen LogP contribution >= 0.6 is 11.3 Å². The molecular formula is C24H24N2O2S. The lowest BCUT2D eigenvalue weighted by Crippen LogP contribution is -2.53. The molecule has 0 bridgehead atoms. The number of aryl methyl sites for hydroxylation is 1. The highest BCUT2D eigenvalue weighted by molar-refractivity contribution is 7.21. The molecule has 1 aliphatic heterocycles. The summed E-state index contributed by atoms with van der Waals surface area (Å²) in [5.41, 5.74) is 1.87. The molecule has 0 N–H and O–H groups in total. The van der Waals surface area contributed by atoms with Gasteiger partial charge in [0.05, 0.1) is 10.3 Å². The van der Waals surface area contributed by atoms with Gasteiger partial charge >= 0.3 is 0 Å².